The third kappa shape index (κ3) is 13.1. The van der Waals surface area contributed by atoms with E-state index in [1.54, 1.807) is 30.8 Å². The molecule has 5 aliphatic rings. The molecular weight excluding hydrogens is 1090 g/mol. The second-order valence-corrected chi connectivity index (χ2v) is 23.9. The molecule has 2 amide bonds. The third-order valence-corrected chi connectivity index (χ3v) is 18.8. The number of aliphatic hydroxyl groups is 3. The fraction of sp³-hybridized carbons (Fsp3) is 0.695. The second-order valence-electron chi connectivity index (χ2n) is 23.9. The number of aliphatic hydroxyl groups excluding tert-OH is 2. The summed E-state index contributed by atoms with van der Waals surface area (Å²) in [6.45, 7) is 15.1. The molecule has 0 aromatic carbocycles. The number of nitrogens with zero attached hydrogens (tertiary/aromatic N) is 6. The molecule has 25 heteroatoms. The minimum atomic E-state index is -2.12. The highest BCUT2D eigenvalue weighted by Gasteiger charge is 2.67. The molecule has 1 fully saturated rings. The first-order valence-electron chi connectivity index (χ1n) is 28.6. The Labute approximate surface area is 490 Å². The highest BCUT2D eigenvalue weighted by molar-refractivity contribution is 6.10. The third-order valence-electron chi connectivity index (χ3n) is 18.8. The summed E-state index contributed by atoms with van der Waals surface area (Å²) in [7, 11) is 6.41. The molecule has 0 radical (unpaired) electrons. The van der Waals surface area contributed by atoms with Gasteiger partial charge in [0.25, 0.3) is 0 Å². The van der Waals surface area contributed by atoms with Gasteiger partial charge in [-0.3, -0.25) is 48.5 Å². The Morgan fingerprint density at radius 3 is 1.98 bits per heavy atom. The number of rotatable bonds is 27. The predicted octanol–water partition coefficient (Wildman–Crippen LogP) is 3.33. The van der Waals surface area contributed by atoms with Gasteiger partial charge in [0.2, 0.25) is 11.8 Å². The maximum Gasteiger partial charge on any atom is 0.306 e. The summed E-state index contributed by atoms with van der Waals surface area (Å²) < 4.78 is 33.3. The van der Waals surface area contributed by atoms with E-state index in [4.69, 9.17) is 48.5 Å². The van der Waals surface area contributed by atoms with Crippen LogP contribution in [-0.4, -0.2) is 175 Å². The molecule has 6 rings (SSSR count). The van der Waals surface area contributed by atoms with Crippen LogP contribution < -0.4 is 16.0 Å². The number of allylic oxidation sites excluding steroid dienone is 4. The molecule has 0 spiro atoms. The highest BCUT2D eigenvalue weighted by Crippen LogP contribution is 2.63. The van der Waals surface area contributed by atoms with E-state index >= 15 is 0 Å². The van der Waals surface area contributed by atoms with Crippen molar-refractivity contribution in [2.24, 2.45) is 54.4 Å². The van der Waals surface area contributed by atoms with Crippen molar-refractivity contribution in [3.8, 4) is 0 Å². The number of amides is 2. The van der Waals surface area contributed by atoms with E-state index < -0.39 is 105 Å². The zero-order valence-corrected chi connectivity index (χ0v) is 51.0. The first-order valence-corrected chi connectivity index (χ1v) is 28.6. The Balaban J connectivity index is 1.71. The number of nitrogens with one attached hydrogen (secondary N) is 3. The molecule has 1 aromatic rings. The number of ether oxygens (including phenoxy) is 6. The quantitative estimate of drug-likeness (QED) is 0.0418. The molecule has 0 saturated carbocycles. The molecule has 1 aromatic heterocycles. The normalized spacial score (nSPS) is 29.3. The number of hydrogen-bond acceptors (Lipinski definition) is 22. The lowest BCUT2D eigenvalue weighted by Crippen LogP contribution is -2.55. The number of methoxy groups -OCH3 is 5. The van der Waals surface area contributed by atoms with E-state index in [1.807, 2.05) is 41.5 Å². The van der Waals surface area contributed by atoms with Gasteiger partial charge in [0.1, 0.15) is 11.3 Å². The number of aliphatic imine (C=N–C) groups is 3. The van der Waals surface area contributed by atoms with E-state index in [0.717, 1.165) is 0 Å². The molecule has 8 bridgehead atoms. The first-order chi connectivity index (χ1) is 39.6. The molecular formula is C59H87N9O16. The minimum Gasteiger partial charge on any atom is -0.469 e. The van der Waals surface area contributed by atoms with Crippen LogP contribution in [0.3, 0.4) is 0 Å². The summed E-state index contributed by atoms with van der Waals surface area (Å²) >= 11 is 0. The van der Waals surface area contributed by atoms with Crippen LogP contribution in [0.15, 0.2) is 55.5 Å². The Hall–Kier alpha value is -6.70. The van der Waals surface area contributed by atoms with Gasteiger partial charge in [0, 0.05) is 107 Å². The van der Waals surface area contributed by atoms with Crippen molar-refractivity contribution < 1.29 is 77.3 Å². The van der Waals surface area contributed by atoms with Crippen molar-refractivity contribution in [2.75, 3.05) is 68.5 Å². The van der Waals surface area contributed by atoms with Crippen LogP contribution in [0.25, 0.3) is 0 Å². The molecule has 464 valence electrons. The summed E-state index contributed by atoms with van der Waals surface area (Å²) in [5.74, 6) is -5.89. The van der Waals surface area contributed by atoms with Gasteiger partial charge in [-0.25, -0.2) is 4.68 Å². The van der Waals surface area contributed by atoms with E-state index in [1.165, 1.54) is 35.5 Å². The lowest BCUT2D eigenvalue weighted by molar-refractivity contribution is -0.147. The van der Waals surface area contributed by atoms with Gasteiger partial charge in [0.05, 0.1) is 111 Å². The topological polar surface area (TPSA) is 339 Å². The largest absolute Gasteiger partial charge is 0.469 e. The average molecular weight is 1180 g/mol. The van der Waals surface area contributed by atoms with Gasteiger partial charge in [-0.05, 0) is 63.7 Å². The molecule has 6 heterocycles. The zero-order valence-electron chi connectivity index (χ0n) is 51.0. The van der Waals surface area contributed by atoms with Gasteiger partial charge in [-0.2, -0.15) is 0 Å². The summed E-state index contributed by atoms with van der Waals surface area (Å²) in [5, 5.41) is 50.5. The van der Waals surface area contributed by atoms with Crippen molar-refractivity contribution in [3.05, 3.63) is 46.2 Å². The van der Waals surface area contributed by atoms with Gasteiger partial charge in [0.15, 0.2) is 0 Å². The van der Waals surface area contributed by atoms with E-state index in [0.29, 0.717) is 51.9 Å². The average Bonchev–Trinajstić information content (AvgIpc) is 1.58. The molecule has 25 nitrogen and oxygen atoms in total. The number of esters is 5. The van der Waals surface area contributed by atoms with E-state index in [2.05, 4.69) is 26.3 Å². The van der Waals surface area contributed by atoms with Crippen LogP contribution in [0.4, 0.5) is 0 Å². The number of aromatic nitrogens is 3. The van der Waals surface area contributed by atoms with Crippen LogP contribution in [0.2, 0.25) is 0 Å². The molecule has 84 heavy (non-hydrogen) atoms. The minimum absolute atomic E-state index is 0.0162. The molecule has 1 saturated heterocycles. The molecule has 1 unspecified atom stereocenters. The number of carbonyl (C=O) groups is 7. The molecule has 0 aliphatic carbocycles. The number of fused-ring (bicyclic) bond motifs is 6. The van der Waals surface area contributed by atoms with Crippen molar-refractivity contribution >= 4 is 58.8 Å². The summed E-state index contributed by atoms with van der Waals surface area (Å²) in [6.07, 6.45) is 2.05. The van der Waals surface area contributed by atoms with Crippen molar-refractivity contribution in [2.45, 2.75) is 156 Å². The van der Waals surface area contributed by atoms with E-state index in [9.17, 15) is 43.8 Å². The summed E-state index contributed by atoms with van der Waals surface area (Å²) in [6, 6.07) is -0.987. The van der Waals surface area contributed by atoms with Crippen molar-refractivity contribution in [3.63, 3.8) is 0 Å². The van der Waals surface area contributed by atoms with Crippen LogP contribution in [0.5, 0.6) is 0 Å². The summed E-state index contributed by atoms with van der Waals surface area (Å²) in [5.41, 5.74) is -4.91. The van der Waals surface area contributed by atoms with Crippen molar-refractivity contribution in [1.29, 1.82) is 0 Å². The van der Waals surface area contributed by atoms with Crippen LogP contribution in [-0.2, 0) is 75.1 Å². The predicted molar refractivity (Wildman–Crippen MR) is 305 cm³/mol. The van der Waals surface area contributed by atoms with Crippen molar-refractivity contribution in [1.82, 2.24) is 30.9 Å². The Kier molecular flexibility index (Phi) is 21.5. The van der Waals surface area contributed by atoms with Gasteiger partial charge in [-0.1, -0.05) is 39.8 Å². The lowest BCUT2D eigenvalue weighted by Gasteiger charge is -2.48. The zero-order chi connectivity index (χ0) is 62.2. The second kappa shape index (κ2) is 27.1. The SMILES string of the molecule is COC(=O)CC[C@@H]1C2=C(C)C3=NC([C@H](CC(=O)OC)[C@@]3(C)CCC(=O)OC)[C@]3(C)N=C(/C(C)=C4\NC(=CC(=N2)C1(C)C)[C@@](O)(CCC(=O)NCc1cn(CCOCCO)nn1)[C@]4(C)CC(=O)NCCO)[C@@H](CCC(=O)OC)[C@]3(C)CC(=O)OC. The van der Waals surface area contributed by atoms with Crippen LogP contribution >= 0.6 is 0 Å². The molecule has 9 atom stereocenters. The highest BCUT2D eigenvalue weighted by atomic mass is 16.5. The first kappa shape index (κ1) is 66.4. The monoisotopic (exact) mass is 1180 g/mol. The smallest absolute Gasteiger partial charge is 0.306 e. The Morgan fingerprint density at radius 1 is 0.726 bits per heavy atom. The van der Waals surface area contributed by atoms with Gasteiger partial charge < -0.3 is 59.7 Å². The number of carbonyl (C=O) groups excluding carboxylic acids is 7. The Bertz CT molecular complexity index is 2890. The lowest BCUT2D eigenvalue weighted by atomic mass is 9.55. The van der Waals surface area contributed by atoms with Gasteiger partial charge >= 0.3 is 29.8 Å². The fourth-order valence-corrected chi connectivity index (χ4v) is 13.5. The fourth-order valence-electron chi connectivity index (χ4n) is 13.5. The standard InChI is InChI=1S/C59H87N9O16/c1-34-49-37(14-16-44(73)79-9)54(3,4)40(62-49)29-41-59(78,21-18-42(71)61-32-36-33-68(67-66-36)23-26-84-27-25-70)57(7,30-43(72)60-22-24-69)52(63-41)35(2)50-38(15-17-45(74)80-10)56(6,31-48(77)83-13)58(8,65-50)53-39(28-47(76)82-12)55(5,51(34)64-53)20-19-46(75)81-11/h29,33,37-39,53,63,69-70,78H,14-28,30-32H2,1-13H3,(H,60,72)(H,61,71)/b41-29?,49-34?,52-35-/t37-,38-,39+,53?,55-,56+,57-,58+,59+/m1/s1. The Morgan fingerprint density at radius 2 is 1.36 bits per heavy atom. The van der Waals surface area contributed by atoms with E-state index in [-0.39, 0.29) is 109 Å². The molecule has 6 N–H and O–H groups in total. The summed E-state index contributed by atoms with van der Waals surface area (Å²) in [4.78, 5) is 113. The maximum absolute atomic E-state index is 14.4. The molecule has 5 aliphatic heterocycles. The van der Waals surface area contributed by atoms with Crippen LogP contribution in [0.1, 0.15) is 132 Å². The maximum atomic E-state index is 14.4. The number of hydrogen-bond donors (Lipinski definition) is 6. The van der Waals surface area contributed by atoms with Gasteiger partial charge in [-0.15, -0.1) is 5.10 Å². The van der Waals surface area contributed by atoms with Crippen LogP contribution in [0, 0.1) is 39.4 Å².